The van der Waals surface area contributed by atoms with E-state index >= 15 is 0 Å². The average Bonchev–Trinajstić information content (AvgIpc) is 2.92. The summed E-state index contributed by atoms with van der Waals surface area (Å²) in [5.41, 5.74) is 1.21. The van der Waals surface area contributed by atoms with Gasteiger partial charge in [0.25, 0.3) is 0 Å². The number of ether oxygens (including phenoxy) is 1. The highest BCUT2D eigenvalue weighted by molar-refractivity contribution is 9.10. The second kappa shape index (κ2) is 3.66. The van der Waals surface area contributed by atoms with E-state index in [-0.39, 0.29) is 0 Å². The molecule has 1 aliphatic carbocycles. The van der Waals surface area contributed by atoms with Crippen molar-refractivity contribution in [3.63, 3.8) is 0 Å². The Bertz CT molecular complexity index is 310. The van der Waals surface area contributed by atoms with E-state index in [1.165, 1.54) is 18.4 Å². The number of aryl methyl sites for hydroxylation is 1. The predicted molar refractivity (Wildman–Crippen MR) is 55.0 cm³/mol. The van der Waals surface area contributed by atoms with Gasteiger partial charge in [0, 0.05) is 0 Å². The molecule has 0 amide bonds. The first kappa shape index (κ1) is 9.00. The summed E-state index contributed by atoms with van der Waals surface area (Å²) in [5, 5.41) is 0. The summed E-state index contributed by atoms with van der Waals surface area (Å²) >= 11 is 3.41. The molecule has 1 fully saturated rings. The largest absolute Gasteiger partial charge is 0.489 e. The van der Waals surface area contributed by atoms with Gasteiger partial charge >= 0.3 is 0 Å². The molecule has 0 bridgehead atoms. The monoisotopic (exact) mass is 241 g/mol. The number of rotatable bonds is 3. The van der Waals surface area contributed by atoms with E-state index in [1.54, 1.807) is 6.20 Å². The minimum absolute atomic E-state index is 0.452. The fraction of sp³-hybridized carbons (Fsp3) is 0.500. The van der Waals surface area contributed by atoms with Crippen molar-refractivity contribution in [1.29, 1.82) is 0 Å². The highest BCUT2D eigenvalue weighted by Gasteiger charge is 2.23. The summed E-state index contributed by atoms with van der Waals surface area (Å²) in [4.78, 5) is 4.22. The number of hydrogen-bond acceptors (Lipinski definition) is 2. The van der Waals surface area contributed by atoms with Crippen LogP contribution < -0.4 is 4.74 Å². The smallest absolute Gasteiger partial charge is 0.138 e. The Morgan fingerprint density at radius 1 is 1.62 bits per heavy atom. The van der Waals surface area contributed by atoms with Crippen LogP contribution in [0, 0.1) is 0 Å². The Labute approximate surface area is 86.5 Å². The lowest BCUT2D eigenvalue weighted by atomic mass is 10.2. The van der Waals surface area contributed by atoms with Crippen molar-refractivity contribution in [3.8, 4) is 5.75 Å². The fourth-order valence-electron chi connectivity index (χ4n) is 1.16. The van der Waals surface area contributed by atoms with E-state index in [0.717, 1.165) is 16.8 Å². The van der Waals surface area contributed by atoms with Gasteiger partial charge in [0.1, 0.15) is 10.4 Å². The van der Waals surface area contributed by atoms with Crippen LogP contribution >= 0.6 is 15.9 Å². The third-order valence-electron chi connectivity index (χ3n) is 2.09. The van der Waals surface area contributed by atoms with Gasteiger partial charge in [-0.25, -0.2) is 4.98 Å². The summed E-state index contributed by atoms with van der Waals surface area (Å²) in [5.74, 6) is 0.905. The molecule has 1 saturated carbocycles. The van der Waals surface area contributed by atoms with Gasteiger partial charge in [-0.3, -0.25) is 0 Å². The SMILES string of the molecule is CCc1cc(OC2CC2)cnc1Br. The standard InChI is InChI=1S/C10H12BrNO/c1-2-7-5-9(6-12-10(7)11)13-8-3-4-8/h5-6,8H,2-4H2,1H3. The van der Waals surface area contributed by atoms with Crippen LogP contribution in [0.25, 0.3) is 0 Å². The van der Waals surface area contributed by atoms with E-state index in [2.05, 4.69) is 33.9 Å². The maximum atomic E-state index is 5.64. The summed E-state index contributed by atoms with van der Waals surface area (Å²) in [6.45, 7) is 2.11. The Morgan fingerprint density at radius 3 is 3.00 bits per heavy atom. The first-order valence-corrected chi connectivity index (χ1v) is 5.40. The average molecular weight is 242 g/mol. The zero-order chi connectivity index (χ0) is 9.26. The van der Waals surface area contributed by atoms with Gasteiger partial charge in [0.15, 0.2) is 0 Å². The molecule has 2 rings (SSSR count). The van der Waals surface area contributed by atoms with E-state index in [0.29, 0.717) is 6.10 Å². The van der Waals surface area contributed by atoms with Crippen LogP contribution in [-0.2, 0) is 6.42 Å². The molecule has 70 valence electrons. The Balaban J connectivity index is 2.16. The van der Waals surface area contributed by atoms with Crippen LogP contribution in [0.3, 0.4) is 0 Å². The van der Waals surface area contributed by atoms with Gasteiger partial charge in [-0.1, -0.05) is 6.92 Å². The summed E-state index contributed by atoms with van der Waals surface area (Å²) < 4.78 is 6.57. The predicted octanol–water partition coefficient (Wildman–Crippen LogP) is 2.95. The number of halogens is 1. The van der Waals surface area contributed by atoms with Gasteiger partial charge in [0.05, 0.1) is 12.3 Å². The maximum absolute atomic E-state index is 5.64. The van der Waals surface area contributed by atoms with Crippen LogP contribution in [0.4, 0.5) is 0 Å². The van der Waals surface area contributed by atoms with Gasteiger partial charge in [-0.15, -0.1) is 0 Å². The van der Waals surface area contributed by atoms with Crippen LogP contribution in [0.15, 0.2) is 16.9 Å². The lowest BCUT2D eigenvalue weighted by Crippen LogP contribution is -1.97. The fourth-order valence-corrected chi connectivity index (χ4v) is 1.66. The zero-order valence-corrected chi connectivity index (χ0v) is 9.17. The topological polar surface area (TPSA) is 22.1 Å². The number of nitrogens with zero attached hydrogens (tertiary/aromatic N) is 1. The van der Waals surface area contributed by atoms with Crippen molar-refractivity contribution in [3.05, 3.63) is 22.4 Å². The van der Waals surface area contributed by atoms with Crippen LogP contribution in [-0.4, -0.2) is 11.1 Å². The number of hydrogen-bond donors (Lipinski definition) is 0. The highest BCUT2D eigenvalue weighted by Crippen LogP contribution is 2.28. The third kappa shape index (κ3) is 2.21. The van der Waals surface area contributed by atoms with Gasteiger partial charge in [0.2, 0.25) is 0 Å². The normalized spacial score (nSPS) is 15.8. The van der Waals surface area contributed by atoms with Gasteiger partial charge in [-0.2, -0.15) is 0 Å². The zero-order valence-electron chi connectivity index (χ0n) is 7.59. The molecule has 0 radical (unpaired) electrons. The molecule has 13 heavy (non-hydrogen) atoms. The maximum Gasteiger partial charge on any atom is 0.138 e. The van der Waals surface area contributed by atoms with E-state index in [9.17, 15) is 0 Å². The van der Waals surface area contributed by atoms with Crippen molar-refractivity contribution < 1.29 is 4.74 Å². The number of aromatic nitrogens is 1. The van der Waals surface area contributed by atoms with Crippen molar-refractivity contribution in [2.45, 2.75) is 32.3 Å². The minimum Gasteiger partial charge on any atom is -0.489 e. The second-order valence-corrected chi connectivity index (χ2v) is 4.04. The Kier molecular flexibility index (Phi) is 2.54. The lowest BCUT2D eigenvalue weighted by Gasteiger charge is -2.06. The molecule has 0 unspecified atom stereocenters. The molecule has 2 nitrogen and oxygen atoms in total. The number of pyridine rings is 1. The van der Waals surface area contributed by atoms with E-state index in [1.807, 2.05) is 0 Å². The third-order valence-corrected chi connectivity index (χ3v) is 2.81. The summed E-state index contributed by atoms with van der Waals surface area (Å²) in [7, 11) is 0. The highest BCUT2D eigenvalue weighted by atomic mass is 79.9. The molecule has 1 aromatic heterocycles. The molecule has 1 aliphatic rings. The molecule has 3 heteroatoms. The summed E-state index contributed by atoms with van der Waals surface area (Å²) in [6, 6.07) is 2.06. The van der Waals surface area contributed by atoms with Crippen molar-refractivity contribution >= 4 is 15.9 Å². The summed E-state index contributed by atoms with van der Waals surface area (Å²) in [6.07, 6.45) is 5.60. The molecule has 0 spiro atoms. The van der Waals surface area contributed by atoms with Crippen molar-refractivity contribution in [1.82, 2.24) is 4.98 Å². The van der Waals surface area contributed by atoms with Crippen LogP contribution in [0.1, 0.15) is 25.3 Å². The van der Waals surface area contributed by atoms with Gasteiger partial charge in [-0.05, 0) is 46.8 Å². The molecule has 0 saturated heterocycles. The molecule has 0 aromatic carbocycles. The van der Waals surface area contributed by atoms with Crippen LogP contribution in [0.5, 0.6) is 5.75 Å². The van der Waals surface area contributed by atoms with Crippen molar-refractivity contribution in [2.75, 3.05) is 0 Å². The minimum atomic E-state index is 0.452. The molecular weight excluding hydrogens is 230 g/mol. The first-order chi connectivity index (χ1) is 6.29. The Hall–Kier alpha value is -0.570. The molecule has 0 atom stereocenters. The molecule has 1 heterocycles. The molecule has 0 N–H and O–H groups in total. The molecule has 0 aliphatic heterocycles. The van der Waals surface area contributed by atoms with E-state index in [4.69, 9.17) is 4.74 Å². The first-order valence-electron chi connectivity index (χ1n) is 4.60. The molecular formula is C10H12BrNO. The Morgan fingerprint density at radius 2 is 2.38 bits per heavy atom. The molecule has 1 aromatic rings. The van der Waals surface area contributed by atoms with Gasteiger partial charge < -0.3 is 4.74 Å². The van der Waals surface area contributed by atoms with E-state index < -0.39 is 0 Å². The lowest BCUT2D eigenvalue weighted by molar-refractivity contribution is 0.301. The quantitative estimate of drug-likeness (QED) is 0.760. The van der Waals surface area contributed by atoms with Crippen molar-refractivity contribution in [2.24, 2.45) is 0 Å². The van der Waals surface area contributed by atoms with Crippen LogP contribution in [0.2, 0.25) is 0 Å². The second-order valence-electron chi connectivity index (χ2n) is 3.29.